The van der Waals surface area contributed by atoms with Crippen LogP contribution in [-0.4, -0.2) is 21.6 Å². The zero-order chi connectivity index (χ0) is 19.6. The van der Waals surface area contributed by atoms with E-state index in [1.54, 1.807) is 35.4 Å². The molecule has 3 aromatic rings. The summed E-state index contributed by atoms with van der Waals surface area (Å²) in [5.74, 6) is 0.864. The van der Waals surface area contributed by atoms with Crippen LogP contribution in [0.1, 0.15) is 31.7 Å². The summed E-state index contributed by atoms with van der Waals surface area (Å²) in [7, 11) is 3.44. The highest BCUT2D eigenvalue weighted by Gasteiger charge is 2.12. The zero-order valence-corrected chi connectivity index (χ0v) is 16.2. The molecule has 1 atom stereocenters. The highest BCUT2D eigenvalue weighted by molar-refractivity contribution is 5.94. The Morgan fingerprint density at radius 2 is 1.81 bits per heavy atom. The Morgan fingerprint density at radius 3 is 2.56 bits per heavy atom. The van der Waals surface area contributed by atoms with Gasteiger partial charge >= 0.3 is 5.69 Å². The molecule has 0 fully saturated rings. The Balaban J connectivity index is 1.71. The molecule has 6 nitrogen and oxygen atoms in total. The third-order valence-electron chi connectivity index (χ3n) is 4.98. The van der Waals surface area contributed by atoms with Crippen LogP contribution in [-0.2, 0) is 18.9 Å². The van der Waals surface area contributed by atoms with Crippen molar-refractivity contribution in [2.24, 2.45) is 14.1 Å². The lowest BCUT2D eigenvalue weighted by atomic mass is 9.98. The Morgan fingerprint density at radius 1 is 1.11 bits per heavy atom. The van der Waals surface area contributed by atoms with Crippen molar-refractivity contribution in [2.75, 3.05) is 11.9 Å². The molecule has 142 valence electrons. The topological polar surface area (TPSA) is 65.3 Å². The van der Waals surface area contributed by atoms with E-state index in [0.29, 0.717) is 11.6 Å². The molecule has 0 aliphatic rings. The van der Waals surface area contributed by atoms with E-state index in [0.717, 1.165) is 28.8 Å². The van der Waals surface area contributed by atoms with Gasteiger partial charge in [0.2, 0.25) is 0 Å². The largest absolute Gasteiger partial charge is 0.483 e. The van der Waals surface area contributed by atoms with Crippen LogP contribution >= 0.6 is 0 Å². The van der Waals surface area contributed by atoms with Crippen molar-refractivity contribution in [1.29, 1.82) is 0 Å². The number of imidazole rings is 1. The number of aromatic nitrogens is 2. The molecule has 1 unspecified atom stereocenters. The van der Waals surface area contributed by atoms with Gasteiger partial charge in [0.05, 0.1) is 11.0 Å². The zero-order valence-electron chi connectivity index (χ0n) is 16.2. The Kier molecular flexibility index (Phi) is 5.35. The summed E-state index contributed by atoms with van der Waals surface area (Å²) in [6.07, 6.45) is 1.00. The van der Waals surface area contributed by atoms with E-state index in [2.05, 4.69) is 19.2 Å². The number of amides is 1. The predicted molar refractivity (Wildman–Crippen MR) is 107 cm³/mol. The van der Waals surface area contributed by atoms with Crippen molar-refractivity contribution in [3.8, 4) is 5.75 Å². The van der Waals surface area contributed by atoms with Gasteiger partial charge in [0.1, 0.15) is 5.75 Å². The smallest absolute Gasteiger partial charge is 0.328 e. The third-order valence-corrected chi connectivity index (χ3v) is 4.98. The maximum atomic E-state index is 12.3. The van der Waals surface area contributed by atoms with Gasteiger partial charge in [0.25, 0.3) is 5.91 Å². The molecular formula is C21H25N3O3. The van der Waals surface area contributed by atoms with Gasteiger partial charge in [0.15, 0.2) is 6.61 Å². The molecule has 2 aromatic carbocycles. The number of nitrogens with one attached hydrogen (secondary N) is 1. The monoisotopic (exact) mass is 367 g/mol. The molecule has 6 heteroatoms. The number of carbonyl (C=O) groups is 1. The minimum Gasteiger partial charge on any atom is -0.483 e. The third kappa shape index (κ3) is 3.74. The number of ether oxygens (including phenoxy) is 1. The van der Waals surface area contributed by atoms with Gasteiger partial charge < -0.3 is 10.1 Å². The van der Waals surface area contributed by atoms with E-state index < -0.39 is 0 Å². The summed E-state index contributed by atoms with van der Waals surface area (Å²) in [6, 6.07) is 13.2. The number of aryl methyl sites for hydroxylation is 2. The first-order valence-corrected chi connectivity index (χ1v) is 9.09. The van der Waals surface area contributed by atoms with Crippen molar-refractivity contribution in [2.45, 2.75) is 26.2 Å². The number of anilines is 1. The van der Waals surface area contributed by atoms with Gasteiger partial charge in [-0.25, -0.2) is 4.79 Å². The summed E-state index contributed by atoms with van der Waals surface area (Å²) in [5.41, 5.74) is 3.22. The fourth-order valence-corrected chi connectivity index (χ4v) is 3.16. The van der Waals surface area contributed by atoms with E-state index in [1.165, 1.54) is 0 Å². The standard InChI is InChI=1S/C21H25N3O3/c1-5-14(2)16-8-6-7-9-19(16)27-13-20(25)22-15-10-11-17-18(12-15)24(4)21(26)23(17)3/h6-12,14H,5,13H2,1-4H3,(H,22,25). The number of rotatable bonds is 6. The van der Waals surface area contributed by atoms with Gasteiger partial charge in [-0.3, -0.25) is 13.9 Å². The molecule has 1 N–H and O–H groups in total. The van der Waals surface area contributed by atoms with Crippen LogP contribution in [0, 0.1) is 0 Å². The normalized spacial score (nSPS) is 12.1. The molecule has 1 amide bonds. The van der Waals surface area contributed by atoms with Crippen LogP contribution in [0.15, 0.2) is 47.3 Å². The molecule has 0 radical (unpaired) electrons. The van der Waals surface area contributed by atoms with E-state index in [4.69, 9.17) is 4.74 Å². The summed E-state index contributed by atoms with van der Waals surface area (Å²) < 4.78 is 8.90. The number of para-hydroxylation sites is 1. The lowest BCUT2D eigenvalue weighted by molar-refractivity contribution is -0.118. The second kappa shape index (κ2) is 7.70. The molecule has 1 aromatic heterocycles. The number of nitrogens with zero attached hydrogens (tertiary/aromatic N) is 2. The Bertz CT molecular complexity index is 1030. The highest BCUT2D eigenvalue weighted by atomic mass is 16.5. The summed E-state index contributed by atoms with van der Waals surface area (Å²) in [4.78, 5) is 24.3. The van der Waals surface area contributed by atoms with Crippen molar-refractivity contribution in [3.05, 3.63) is 58.5 Å². The molecule has 0 aliphatic heterocycles. The first-order chi connectivity index (χ1) is 12.9. The van der Waals surface area contributed by atoms with Gasteiger partial charge in [-0.2, -0.15) is 0 Å². The number of hydrogen-bond acceptors (Lipinski definition) is 3. The molecule has 0 bridgehead atoms. The van der Waals surface area contributed by atoms with Crippen LogP contribution in [0.5, 0.6) is 5.75 Å². The number of hydrogen-bond donors (Lipinski definition) is 1. The van der Waals surface area contributed by atoms with Crippen molar-refractivity contribution in [1.82, 2.24) is 9.13 Å². The lowest BCUT2D eigenvalue weighted by Crippen LogP contribution is -2.20. The quantitative estimate of drug-likeness (QED) is 0.726. The number of fused-ring (bicyclic) bond motifs is 1. The van der Waals surface area contributed by atoms with Crippen LogP contribution in [0.3, 0.4) is 0 Å². The van der Waals surface area contributed by atoms with E-state index in [9.17, 15) is 9.59 Å². The van der Waals surface area contributed by atoms with Gasteiger partial charge in [-0.15, -0.1) is 0 Å². The second-order valence-electron chi connectivity index (χ2n) is 6.79. The first kappa shape index (κ1) is 18.8. The van der Waals surface area contributed by atoms with Gasteiger partial charge in [-0.05, 0) is 42.2 Å². The summed E-state index contributed by atoms with van der Waals surface area (Å²) in [6.45, 7) is 4.20. The minimum atomic E-state index is -0.241. The van der Waals surface area contributed by atoms with E-state index in [1.807, 2.05) is 30.3 Å². The van der Waals surface area contributed by atoms with Crippen LogP contribution in [0.25, 0.3) is 11.0 Å². The minimum absolute atomic E-state index is 0.0702. The SMILES string of the molecule is CCC(C)c1ccccc1OCC(=O)Nc1ccc2c(c1)n(C)c(=O)n2C. The highest BCUT2D eigenvalue weighted by Crippen LogP contribution is 2.28. The molecule has 0 spiro atoms. The molecule has 1 heterocycles. The van der Waals surface area contributed by atoms with Crippen LogP contribution in [0.4, 0.5) is 5.69 Å². The Labute approximate surface area is 158 Å². The molecule has 27 heavy (non-hydrogen) atoms. The fraction of sp³-hybridized carbons (Fsp3) is 0.333. The lowest BCUT2D eigenvalue weighted by Gasteiger charge is -2.15. The van der Waals surface area contributed by atoms with Crippen LogP contribution < -0.4 is 15.7 Å². The van der Waals surface area contributed by atoms with E-state index >= 15 is 0 Å². The van der Waals surface area contributed by atoms with Gasteiger partial charge in [0, 0.05) is 19.8 Å². The van der Waals surface area contributed by atoms with E-state index in [-0.39, 0.29) is 18.2 Å². The van der Waals surface area contributed by atoms with Crippen molar-refractivity contribution >= 4 is 22.6 Å². The van der Waals surface area contributed by atoms with Crippen molar-refractivity contribution < 1.29 is 9.53 Å². The average molecular weight is 367 g/mol. The summed E-state index contributed by atoms with van der Waals surface area (Å²) in [5, 5.41) is 2.83. The second-order valence-corrected chi connectivity index (χ2v) is 6.79. The number of benzene rings is 2. The Hall–Kier alpha value is -3.02. The summed E-state index contributed by atoms with van der Waals surface area (Å²) >= 11 is 0. The molecular weight excluding hydrogens is 342 g/mol. The maximum absolute atomic E-state index is 12.3. The molecule has 0 saturated carbocycles. The van der Waals surface area contributed by atoms with Crippen molar-refractivity contribution in [3.63, 3.8) is 0 Å². The first-order valence-electron chi connectivity index (χ1n) is 9.09. The predicted octanol–water partition coefficient (Wildman–Crippen LogP) is 3.41. The number of carbonyl (C=O) groups excluding carboxylic acids is 1. The molecule has 0 saturated heterocycles. The van der Waals surface area contributed by atoms with Crippen LogP contribution in [0.2, 0.25) is 0 Å². The maximum Gasteiger partial charge on any atom is 0.328 e. The average Bonchev–Trinajstić information content (AvgIpc) is 2.90. The molecule has 0 aliphatic carbocycles. The molecule has 3 rings (SSSR count). The van der Waals surface area contributed by atoms with Gasteiger partial charge in [-0.1, -0.05) is 32.0 Å². The fourth-order valence-electron chi connectivity index (χ4n) is 3.16.